The molecule has 0 radical (unpaired) electrons. The van der Waals surface area contributed by atoms with Crippen LogP contribution in [0, 0.1) is 6.92 Å². The smallest absolute Gasteiger partial charge is 0.283 e. The van der Waals surface area contributed by atoms with Gasteiger partial charge < -0.3 is 4.42 Å². The van der Waals surface area contributed by atoms with Crippen LogP contribution in [0.5, 0.6) is 0 Å². The summed E-state index contributed by atoms with van der Waals surface area (Å²) in [5.74, 6) is 1.01. The van der Waals surface area contributed by atoms with Gasteiger partial charge in [-0.05, 0) is 24.6 Å². The van der Waals surface area contributed by atoms with Crippen molar-refractivity contribution >= 4 is 27.8 Å². The van der Waals surface area contributed by atoms with Crippen LogP contribution in [-0.4, -0.2) is 20.9 Å². The van der Waals surface area contributed by atoms with Gasteiger partial charge in [0.15, 0.2) is 0 Å². The molecule has 6 nitrogen and oxygen atoms in total. The molecule has 7 heteroatoms. The Balaban J connectivity index is 1.55. The monoisotopic (exact) mass is 412 g/mol. The first-order valence-electron chi connectivity index (χ1n) is 9.32. The van der Waals surface area contributed by atoms with E-state index in [1.54, 1.807) is 6.92 Å². The number of aromatic nitrogens is 3. The van der Waals surface area contributed by atoms with E-state index in [0.717, 1.165) is 16.7 Å². The quantitative estimate of drug-likeness (QED) is 0.391. The Morgan fingerprint density at radius 1 is 1.00 bits per heavy atom. The number of oxazole rings is 1. The molecule has 0 spiro atoms. The summed E-state index contributed by atoms with van der Waals surface area (Å²) in [6.45, 7) is 1.76. The van der Waals surface area contributed by atoms with Gasteiger partial charge in [-0.15, -0.1) is 11.3 Å². The van der Waals surface area contributed by atoms with E-state index < -0.39 is 0 Å². The molecule has 0 aliphatic carbocycles. The largest absolute Gasteiger partial charge is 0.444 e. The third kappa shape index (κ3) is 3.25. The first kappa shape index (κ1) is 18.2. The number of nitrogens with zero attached hydrogens (tertiary/aromatic N) is 4. The molecule has 0 fully saturated rings. The van der Waals surface area contributed by atoms with Crippen molar-refractivity contribution in [2.24, 2.45) is 5.10 Å². The predicted molar refractivity (Wildman–Crippen MR) is 119 cm³/mol. The van der Waals surface area contributed by atoms with E-state index in [4.69, 9.17) is 4.42 Å². The Bertz CT molecular complexity index is 1420. The average molecular weight is 412 g/mol. The van der Waals surface area contributed by atoms with Crippen molar-refractivity contribution < 1.29 is 4.42 Å². The molecule has 2 aromatic carbocycles. The lowest BCUT2D eigenvalue weighted by Gasteiger charge is -2.04. The van der Waals surface area contributed by atoms with E-state index in [1.165, 1.54) is 28.5 Å². The molecule has 0 saturated carbocycles. The highest BCUT2D eigenvalue weighted by Gasteiger charge is 2.15. The van der Waals surface area contributed by atoms with Crippen LogP contribution in [0.4, 0.5) is 0 Å². The molecule has 5 aromatic rings. The van der Waals surface area contributed by atoms with Crippen LogP contribution in [0.25, 0.3) is 32.8 Å². The highest BCUT2D eigenvalue weighted by Crippen LogP contribution is 2.30. The standard InChI is InChI=1S/C23H16N4O2S/c1-15-25-22-20(19(14-30-22)16-8-4-2-5-9-16)23(28)27(15)24-12-18-13-29-21(26-18)17-10-6-3-7-11-17/h2-14H,1H3. The maximum Gasteiger partial charge on any atom is 0.283 e. The predicted octanol–water partition coefficient (Wildman–Crippen LogP) is 4.97. The second-order valence-electron chi connectivity index (χ2n) is 6.66. The molecule has 3 heterocycles. The second kappa shape index (κ2) is 7.53. The summed E-state index contributed by atoms with van der Waals surface area (Å²) in [6.07, 6.45) is 3.02. The Hall–Kier alpha value is -3.84. The summed E-state index contributed by atoms with van der Waals surface area (Å²) in [5, 5.41) is 6.88. The van der Waals surface area contributed by atoms with Gasteiger partial charge in [0.2, 0.25) is 5.89 Å². The molecule has 0 unspecified atom stereocenters. The van der Waals surface area contributed by atoms with Crippen molar-refractivity contribution in [2.45, 2.75) is 6.92 Å². The van der Waals surface area contributed by atoms with Crippen molar-refractivity contribution in [3.05, 3.63) is 94.2 Å². The summed E-state index contributed by atoms with van der Waals surface area (Å²) >= 11 is 1.46. The molecule has 146 valence electrons. The van der Waals surface area contributed by atoms with E-state index in [0.29, 0.717) is 27.6 Å². The zero-order chi connectivity index (χ0) is 20.5. The lowest BCUT2D eigenvalue weighted by molar-refractivity contribution is 0.574. The van der Waals surface area contributed by atoms with Gasteiger partial charge in [-0.2, -0.15) is 9.78 Å². The summed E-state index contributed by atoms with van der Waals surface area (Å²) < 4.78 is 6.83. The van der Waals surface area contributed by atoms with Crippen molar-refractivity contribution in [3.63, 3.8) is 0 Å². The van der Waals surface area contributed by atoms with Gasteiger partial charge in [-0.25, -0.2) is 9.97 Å². The zero-order valence-corrected chi connectivity index (χ0v) is 16.8. The molecule has 0 N–H and O–H groups in total. The van der Waals surface area contributed by atoms with Gasteiger partial charge >= 0.3 is 0 Å². The van der Waals surface area contributed by atoms with Crippen molar-refractivity contribution in [1.29, 1.82) is 0 Å². The molecule has 0 atom stereocenters. The third-order valence-corrected chi connectivity index (χ3v) is 5.55. The SMILES string of the molecule is Cc1nc2scc(-c3ccccc3)c2c(=O)n1N=Cc1coc(-c2ccccc2)n1. The van der Waals surface area contributed by atoms with Gasteiger partial charge in [0, 0.05) is 16.5 Å². The number of fused-ring (bicyclic) bond motifs is 1. The molecule has 0 amide bonds. The van der Waals surface area contributed by atoms with Crippen molar-refractivity contribution in [2.75, 3.05) is 0 Å². The number of hydrogen-bond donors (Lipinski definition) is 0. The van der Waals surface area contributed by atoms with Gasteiger partial charge in [0.1, 0.15) is 22.6 Å². The lowest BCUT2D eigenvalue weighted by Crippen LogP contribution is -2.20. The van der Waals surface area contributed by atoms with Gasteiger partial charge in [-0.1, -0.05) is 48.5 Å². The van der Waals surface area contributed by atoms with Crippen molar-refractivity contribution in [3.8, 4) is 22.6 Å². The minimum Gasteiger partial charge on any atom is -0.444 e. The number of hydrogen-bond acceptors (Lipinski definition) is 6. The van der Waals surface area contributed by atoms with Crippen LogP contribution >= 0.6 is 11.3 Å². The van der Waals surface area contributed by atoms with E-state index >= 15 is 0 Å². The topological polar surface area (TPSA) is 73.3 Å². The Kier molecular flexibility index (Phi) is 4.57. The number of benzene rings is 2. The highest BCUT2D eigenvalue weighted by atomic mass is 32.1. The fourth-order valence-corrected chi connectivity index (χ4v) is 4.21. The number of thiophene rings is 1. The zero-order valence-electron chi connectivity index (χ0n) is 16.0. The third-order valence-electron chi connectivity index (χ3n) is 4.68. The summed E-state index contributed by atoms with van der Waals surface area (Å²) in [4.78, 5) is 22.9. The lowest BCUT2D eigenvalue weighted by atomic mass is 10.1. The van der Waals surface area contributed by atoms with Crippen molar-refractivity contribution in [1.82, 2.24) is 14.6 Å². The maximum atomic E-state index is 13.2. The summed E-state index contributed by atoms with van der Waals surface area (Å²) in [5.41, 5.74) is 3.03. The molecule has 5 rings (SSSR count). The fourth-order valence-electron chi connectivity index (χ4n) is 3.23. The number of aryl methyl sites for hydroxylation is 1. The Labute approximate surface area is 175 Å². The molecule has 3 aromatic heterocycles. The van der Waals surface area contributed by atoms with Gasteiger partial charge in [0.05, 0.1) is 11.6 Å². The van der Waals surface area contributed by atoms with E-state index in [-0.39, 0.29) is 5.56 Å². The molecule has 30 heavy (non-hydrogen) atoms. The van der Waals surface area contributed by atoms with Crippen LogP contribution in [0.1, 0.15) is 11.5 Å². The number of rotatable bonds is 4. The van der Waals surface area contributed by atoms with E-state index in [2.05, 4.69) is 15.1 Å². The summed E-state index contributed by atoms with van der Waals surface area (Å²) in [6, 6.07) is 19.4. The normalized spacial score (nSPS) is 11.5. The molecule has 0 saturated heterocycles. The van der Waals surface area contributed by atoms with Gasteiger partial charge in [0.25, 0.3) is 5.56 Å². The minimum atomic E-state index is -0.208. The van der Waals surface area contributed by atoms with Crippen LogP contribution in [-0.2, 0) is 0 Å². The summed E-state index contributed by atoms with van der Waals surface area (Å²) in [7, 11) is 0. The van der Waals surface area contributed by atoms with Crippen LogP contribution in [0.3, 0.4) is 0 Å². The van der Waals surface area contributed by atoms with E-state index in [1.807, 2.05) is 66.0 Å². The Morgan fingerprint density at radius 2 is 1.70 bits per heavy atom. The minimum absolute atomic E-state index is 0.208. The first-order chi connectivity index (χ1) is 14.7. The fraction of sp³-hybridized carbons (Fsp3) is 0.0435. The second-order valence-corrected chi connectivity index (χ2v) is 7.52. The van der Waals surface area contributed by atoms with Crippen LogP contribution in [0.15, 0.2) is 86.6 Å². The molecular weight excluding hydrogens is 396 g/mol. The Morgan fingerprint density at radius 3 is 2.43 bits per heavy atom. The maximum absolute atomic E-state index is 13.2. The van der Waals surface area contributed by atoms with Crippen LogP contribution < -0.4 is 5.56 Å². The van der Waals surface area contributed by atoms with E-state index in [9.17, 15) is 4.79 Å². The van der Waals surface area contributed by atoms with Gasteiger partial charge in [-0.3, -0.25) is 4.79 Å². The highest BCUT2D eigenvalue weighted by molar-refractivity contribution is 7.17. The molecular formula is C23H16N4O2S. The molecule has 0 bridgehead atoms. The molecule has 0 aliphatic rings. The molecule has 0 aliphatic heterocycles. The average Bonchev–Trinajstić information content (AvgIpc) is 3.42. The first-order valence-corrected chi connectivity index (χ1v) is 10.2. The van der Waals surface area contributed by atoms with Crippen LogP contribution in [0.2, 0.25) is 0 Å².